The van der Waals surface area contributed by atoms with Crippen LogP contribution in [0.3, 0.4) is 0 Å². The third kappa shape index (κ3) is 11.8. The molecular formula is C42H41O25+. The highest BCUT2D eigenvalue weighted by Gasteiger charge is 2.50. The van der Waals surface area contributed by atoms with E-state index in [4.69, 9.17) is 47.8 Å². The van der Waals surface area contributed by atoms with Gasteiger partial charge in [-0.15, -0.1) is 0 Å². The Hall–Kier alpha value is -7.52. The molecule has 358 valence electrons. The summed E-state index contributed by atoms with van der Waals surface area (Å²) >= 11 is 0. The van der Waals surface area contributed by atoms with E-state index in [9.17, 15) is 75.0 Å². The summed E-state index contributed by atoms with van der Waals surface area (Å²) in [6.45, 7) is -1.67. The molecule has 4 aromatic rings. The molecule has 2 aliphatic rings. The molecule has 25 heteroatoms. The molecule has 0 saturated carbocycles. The van der Waals surface area contributed by atoms with Crippen molar-refractivity contribution in [2.75, 3.05) is 13.2 Å². The fourth-order valence-corrected chi connectivity index (χ4v) is 6.61. The molecule has 0 spiro atoms. The lowest BCUT2D eigenvalue weighted by Crippen LogP contribution is -2.61. The second-order valence-electron chi connectivity index (χ2n) is 14.8. The zero-order chi connectivity index (χ0) is 48.9. The largest absolute Gasteiger partial charge is 0.508 e. The van der Waals surface area contributed by atoms with Crippen LogP contribution in [0.15, 0.2) is 65.1 Å². The standard InChI is InChI=1S/C42H40O25/c43-18-4-1-16(2-5-18)3-6-30(51)60-14-26-34(55)35(56)37(58)41(65-26)64-25-11-20-23(62-39(25)17-7-21(45)33(54)22(46)8-17)9-19(44)10-24(20)63-42-38(59)36(57)40(67-32(53)13-29(49)50)27(66-42)15-61-31(52)12-28(47)48/h1-11,26-27,34-38,40-42,55-59H,12-15H2,(H6-,43,44,45,46,47,48,49,50,51,54)/p+1/t26-,27-,34+,35-,36+,37+,38+,40+,41+,42+/m0/s1. The van der Waals surface area contributed by atoms with Crippen LogP contribution in [0, 0.1) is 0 Å². The monoisotopic (exact) mass is 945 g/mol. The first-order valence-electron chi connectivity index (χ1n) is 19.5. The van der Waals surface area contributed by atoms with Gasteiger partial charge in [0.05, 0.1) is 11.6 Å². The molecule has 2 fully saturated rings. The molecule has 0 amide bonds. The van der Waals surface area contributed by atoms with Crippen LogP contribution in [0.1, 0.15) is 18.4 Å². The molecule has 2 saturated heterocycles. The van der Waals surface area contributed by atoms with E-state index in [-0.39, 0.29) is 22.3 Å². The third-order valence-electron chi connectivity index (χ3n) is 9.89. The summed E-state index contributed by atoms with van der Waals surface area (Å²) < 4.78 is 44.4. The highest BCUT2D eigenvalue weighted by Crippen LogP contribution is 2.45. The van der Waals surface area contributed by atoms with Gasteiger partial charge in [0, 0.05) is 30.3 Å². The molecule has 3 heterocycles. The normalized spacial score (nSPS) is 25.0. The number of carbonyl (C=O) groups excluding carboxylic acids is 3. The van der Waals surface area contributed by atoms with Crippen molar-refractivity contribution >= 4 is 46.9 Å². The highest BCUT2D eigenvalue weighted by molar-refractivity contribution is 5.91. The molecule has 10 atom stereocenters. The van der Waals surface area contributed by atoms with Crippen LogP contribution in [0.5, 0.6) is 40.2 Å². The SMILES string of the molecule is O=C(O)CC(=O)OC[C@@H]1O[C@@H](Oc2cc(O)cc3[o+]c(-c4cc(O)c(O)c(O)c4)c(O[C@@H]4O[C@@H](COC(=O)/C=C/c5ccc(O)cc5)[C@@H](O)[C@H](O)[C@H]4O)cc23)[C@H](O)[C@@H](O)[C@@H]1OC(=O)CC(=O)O. The lowest BCUT2D eigenvalue weighted by Gasteiger charge is -2.41. The van der Waals surface area contributed by atoms with E-state index in [1.807, 2.05) is 0 Å². The number of carbonyl (C=O) groups is 5. The number of benzene rings is 3. The van der Waals surface area contributed by atoms with Gasteiger partial charge in [-0.25, -0.2) is 9.21 Å². The van der Waals surface area contributed by atoms with E-state index in [1.165, 1.54) is 30.3 Å². The molecule has 67 heavy (non-hydrogen) atoms. The lowest BCUT2D eigenvalue weighted by molar-refractivity contribution is -0.282. The van der Waals surface area contributed by atoms with E-state index in [1.54, 1.807) is 0 Å². The Labute approximate surface area is 374 Å². The fourth-order valence-electron chi connectivity index (χ4n) is 6.61. The summed E-state index contributed by atoms with van der Waals surface area (Å²) in [7, 11) is 0. The number of aliphatic hydroxyl groups is 5. The van der Waals surface area contributed by atoms with Gasteiger partial charge in [-0.05, 0) is 23.8 Å². The third-order valence-corrected chi connectivity index (χ3v) is 9.89. The number of hydrogen-bond acceptors (Lipinski definition) is 22. The van der Waals surface area contributed by atoms with Crippen molar-refractivity contribution < 1.29 is 123 Å². The van der Waals surface area contributed by atoms with Gasteiger partial charge in [0.15, 0.2) is 23.4 Å². The molecule has 25 nitrogen and oxygen atoms in total. The van der Waals surface area contributed by atoms with Crippen LogP contribution in [0.25, 0.3) is 28.4 Å². The van der Waals surface area contributed by atoms with Gasteiger partial charge >= 0.3 is 41.2 Å². The number of carboxylic acid groups (broad SMARTS) is 2. The summed E-state index contributed by atoms with van der Waals surface area (Å²) in [5.74, 6) is -11.6. The Bertz CT molecular complexity index is 2500. The first-order valence-corrected chi connectivity index (χ1v) is 19.5. The van der Waals surface area contributed by atoms with Crippen LogP contribution in [-0.4, -0.2) is 166 Å². The Morgan fingerprint density at radius 2 is 1.21 bits per heavy atom. The van der Waals surface area contributed by atoms with Crippen molar-refractivity contribution in [1.29, 1.82) is 0 Å². The average molecular weight is 946 g/mol. The van der Waals surface area contributed by atoms with Crippen molar-refractivity contribution in [2.24, 2.45) is 0 Å². The minimum absolute atomic E-state index is 0.0145. The topological polar surface area (TPSA) is 404 Å². The number of ether oxygens (including phenoxy) is 7. The summed E-state index contributed by atoms with van der Waals surface area (Å²) in [5, 5.41) is 124. The Kier molecular flexibility index (Phi) is 15.2. The molecule has 6 rings (SSSR count). The van der Waals surface area contributed by atoms with Gasteiger partial charge in [-0.2, -0.15) is 0 Å². The first kappa shape index (κ1) is 48.9. The number of hydrogen-bond donors (Lipinski definition) is 12. The van der Waals surface area contributed by atoms with E-state index in [0.29, 0.717) is 5.56 Å². The zero-order valence-electron chi connectivity index (χ0n) is 34.1. The van der Waals surface area contributed by atoms with Crippen molar-refractivity contribution in [1.82, 2.24) is 0 Å². The van der Waals surface area contributed by atoms with Crippen molar-refractivity contribution in [2.45, 2.75) is 74.3 Å². The van der Waals surface area contributed by atoms with E-state index in [0.717, 1.165) is 36.4 Å². The average Bonchev–Trinajstić information content (AvgIpc) is 3.26. The smallest absolute Gasteiger partial charge is 0.402 e. The first-order chi connectivity index (χ1) is 31.7. The number of esters is 3. The second-order valence-corrected chi connectivity index (χ2v) is 14.8. The molecule has 0 unspecified atom stereocenters. The minimum Gasteiger partial charge on any atom is -0.508 e. The van der Waals surface area contributed by atoms with Gasteiger partial charge in [0.2, 0.25) is 18.3 Å². The van der Waals surface area contributed by atoms with Gasteiger partial charge < -0.3 is 94.4 Å². The number of aliphatic carboxylic acids is 2. The molecule has 1 aromatic heterocycles. The van der Waals surface area contributed by atoms with Crippen molar-refractivity contribution in [3.8, 4) is 51.6 Å². The van der Waals surface area contributed by atoms with Gasteiger partial charge in [0.25, 0.3) is 0 Å². The molecule has 0 aliphatic carbocycles. The quantitative estimate of drug-likeness (QED) is 0.0169. The van der Waals surface area contributed by atoms with Crippen LogP contribution >= 0.6 is 0 Å². The number of phenolic OH excluding ortho intramolecular Hbond substituents is 5. The summed E-state index contributed by atoms with van der Waals surface area (Å²) in [4.78, 5) is 59.1. The number of rotatable bonds is 16. The van der Waals surface area contributed by atoms with Gasteiger partial charge in [-0.1, -0.05) is 12.1 Å². The number of carboxylic acids is 2. The van der Waals surface area contributed by atoms with Crippen LogP contribution in [-0.2, 0) is 47.7 Å². The summed E-state index contributed by atoms with van der Waals surface area (Å²) in [5.41, 5.74) is -0.0513. The highest BCUT2D eigenvalue weighted by atomic mass is 16.7. The van der Waals surface area contributed by atoms with Gasteiger partial charge in [-0.3, -0.25) is 19.2 Å². The molecule has 0 radical (unpaired) electrons. The van der Waals surface area contributed by atoms with Crippen molar-refractivity contribution in [3.63, 3.8) is 0 Å². The van der Waals surface area contributed by atoms with Gasteiger partial charge in [0.1, 0.15) is 91.4 Å². The lowest BCUT2D eigenvalue weighted by atomic mass is 9.98. The van der Waals surface area contributed by atoms with Crippen LogP contribution < -0.4 is 9.47 Å². The number of fused-ring (bicyclic) bond motifs is 1. The molecule has 0 bridgehead atoms. The fraction of sp³-hybridized carbons (Fsp3) is 0.333. The summed E-state index contributed by atoms with van der Waals surface area (Å²) in [6.07, 6.45) is -19.6. The van der Waals surface area contributed by atoms with Crippen LogP contribution in [0.4, 0.5) is 0 Å². The van der Waals surface area contributed by atoms with E-state index >= 15 is 0 Å². The predicted octanol–water partition coefficient (Wildman–Crippen LogP) is -0.418. The number of phenols is 5. The molecule has 2 aliphatic heterocycles. The second kappa shape index (κ2) is 20.8. The zero-order valence-corrected chi connectivity index (χ0v) is 34.1. The number of aromatic hydroxyl groups is 5. The van der Waals surface area contributed by atoms with E-state index < -0.39 is 158 Å². The predicted molar refractivity (Wildman–Crippen MR) is 215 cm³/mol. The van der Waals surface area contributed by atoms with Crippen molar-refractivity contribution in [3.05, 3.63) is 66.2 Å². The Morgan fingerprint density at radius 3 is 1.85 bits per heavy atom. The maximum atomic E-state index is 12.5. The molecule has 12 N–H and O–H groups in total. The maximum Gasteiger partial charge on any atom is 0.402 e. The van der Waals surface area contributed by atoms with Crippen LogP contribution in [0.2, 0.25) is 0 Å². The minimum atomic E-state index is -2.19. The summed E-state index contributed by atoms with van der Waals surface area (Å²) in [6, 6.07) is 10.6. The molecule has 3 aromatic carbocycles. The molecular weight excluding hydrogens is 904 g/mol. The van der Waals surface area contributed by atoms with E-state index in [2.05, 4.69) is 0 Å². The number of aliphatic hydroxyl groups excluding tert-OH is 5. The maximum absolute atomic E-state index is 12.5. The Balaban J connectivity index is 1.33. The Morgan fingerprint density at radius 1 is 0.627 bits per heavy atom.